The average Bonchev–Trinajstić information content (AvgIpc) is 1.35. The highest BCUT2D eigenvalue weighted by molar-refractivity contribution is 8.00. The lowest BCUT2D eigenvalue weighted by Gasteiger charge is -1.89. The maximum Gasteiger partial charge on any atom is 0.219 e. The number of hydrogen-bond donors (Lipinski definition) is 0. The van der Waals surface area contributed by atoms with E-state index < -0.39 is 4.96 Å². The Hall–Kier alpha value is 0.570. The zero-order valence-electron chi connectivity index (χ0n) is 3.45. The van der Waals surface area contributed by atoms with Crippen LogP contribution in [0.4, 0.5) is 4.39 Å². The molecule has 0 aliphatic carbocycles. The van der Waals surface area contributed by atoms with Crippen molar-refractivity contribution in [1.82, 2.24) is 0 Å². The van der Waals surface area contributed by atoms with Crippen LogP contribution in [0.1, 0.15) is 6.92 Å². The van der Waals surface area contributed by atoms with Crippen molar-refractivity contribution in [2.24, 2.45) is 0 Å². The first kappa shape index (κ1) is 6.57. The van der Waals surface area contributed by atoms with E-state index in [1.807, 2.05) is 6.92 Å². The summed E-state index contributed by atoms with van der Waals surface area (Å²) in [6.45, 7) is 1.86. The van der Waals surface area contributed by atoms with Crippen LogP contribution in [0.5, 0.6) is 0 Å². The Bertz CT molecular complexity index is 32.0. The molecule has 0 aromatic carbocycles. The van der Waals surface area contributed by atoms with Gasteiger partial charge in [-0.05, 0) is 5.75 Å². The highest BCUT2D eigenvalue weighted by Gasteiger charge is 1.93. The molecule has 0 nitrogen and oxygen atoms in total. The topological polar surface area (TPSA) is 0 Å². The number of alkyl halides is 2. The molecule has 6 heavy (non-hydrogen) atoms. The van der Waals surface area contributed by atoms with Crippen LogP contribution in [0.25, 0.3) is 0 Å². The van der Waals surface area contributed by atoms with Gasteiger partial charge in [-0.2, -0.15) is 0 Å². The van der Waals surface area contributed by atoms with E-state index in [2.05, 4.69) is 0 Å². The third kappa shape index (κ3) is 4.57. The zero-order valence-corrected chi connectivity index (χ0v) is 5.02. The minimum atomic E-state index is -1.21. The van der Waals surface area contributed by atoms with Crippen LogP contribution < -0.4 is 0 Å². The molecular weight excluding hydrogens is 123 g/mol. The van der Waals surface area contributed by atoms with Gasteiger partial charge in [0.2, 0.25) is 4.96 Å². The molecule has 0 aliphatic heterocycles. The Morgan fingerprint density at radius 3 is 2.50 bits per heavy atom. The Balaban J connectivity index is 2.63. The van der Waals surface area contributed by atoms with Crippen LogP contribution in [-0.2, 0) is 0 Å². The van der Waals surface area contributed by atoms with E-state index >= 15 is 0 Å². The Morgan fingerprint density at radius 2 is 2.50 bits per heavy atom. The summed E-state index contributed by atoms with van der Waals surface area (Å²) in [6.07, 6.45) is 0. The minimum absolute atomic E-state index is 0.741. The van der Waals surface area contributed by atoms with Gasteiger partial charge in [0.1, 0.15) is 0 Å². The largest absolute Gasteiger partial charge is 0.219 e. The molecule has 0 saturated carbocycles. The number of hydrogen-bond acceptors (Lipinski definition) is 1. The average molecular weight is 129 g/mol. The van der Waals surface area contributed by atoms with Gasteiger partial charge in [0, 0.05) is 0 Å². The molecule has 0 heterocycles. The molecule has 0 aromatic heterocycles. The van der Waals surface area contributed by atoms with Gasteiger partial charge in [0.25, 0.3) is 0 Å². The molecule has 0 spiro atoms. The van der Waals surface area contributed by atoms with Crippen molar-refractivity contribution in [3.8, 4) is 0 Å². The maximum absolute atomic E-state index is 11.4. The third-order valence-electron chi connectivity index (χ3n) is 0.293. The predicted octanol–water partition coefficient (Wildman–Crippen LogP) is 2.23. The summed E-state index contributed by atoms with van der Waals surface area (Å²) in [5.41, 5.74) is 0. The van der Waals surface area contributed by atoms with E-state index in [4.69, 9.17) is 11.6 Å². The number of halogens is 2. The second-order valence-corrected chi connectivity index (χ2v) is 2.68. The van der Waals surface area contributed by atoms with Gasteiger partial charge >= 0.3 is 0 Å². The van der Waals surface area contributed by atoms with Crippen LogP contribution in [0.2, 0.25) is 0 Å². The molecule has 3 heteroatoms. The van der Waals surface area contributed by atoms with Crippen molar-refractivity contribution in [3.05, 3.63) is 0 Å². The van der Waals surface area contributed by atoms with Gasteiger partial charge < -0.3 is 0 Å². The fourth-order valence-electron chi connectivity index (χ4n) is 0.126. The summed E-state index contributed by atoms with van der Waals surface area (Å²) < 4.78 is 11.4. The number of thioether (sulfide) groups is 1. The summed E-state index contributed by atoms with van der Waals surface area (Å²) >= 11 is 5.96. The van der Waals surface area contributed by atoms with Crippen LogP contribution in [0.3, 0.4) is 0 Å². The lowest BCUT2D eigenvalue weighted by Crippen LogP contribution is -1.76. The summed E-state index contributed by atoms with van der Waals surface area (Å²) in [4.78, 5) is -1.21. The van der Waals surface area contributed by atoms with Crippen LogP contribution in [-0.4, -0.2) is 10.7 Å². The summed E-state index contributed by atoms with van der Waals surface area (Å²) in [6, 6.07) is 0. The molecule has 0 amide bonds. The molecule has 0 radical (unpaired) electrons. The molecule has 38 valence electrons. The monoisotopic (exact) mass is 128 g/mol. The van der Waals surface area contributed by atoms with Crippen molar-refractivity contribution in [1.29, 1.82) is 0 Å². The standard InChI is InChI=1S/C3H6ClFS/c1-2-6-3(4)5/h3H,2H2,1H3. The van der Waals surface area contributed by atoms with Gasteiger partial charge in [0.05, 0.1) is 0 Å². The lowest BCUT2D eigenvalue weighted by atomic mass is 11.0. The van der Waals surface area contributed by atoms with E-state index in [0.29, 0.717) is 0 Å². The molecule has 0 aliphatic rings. The molecular formula is C3H6ClFS. The molecule has 0 fully saturated rings. The first-order chi connectivity index (χ1) is 2.77. The minimum Gasteiger partial charge on any atom is -0.218 e. The van der Waals surface area contributed by atoms with E-state index in [9.17, 15) is 4.39 Å². The summed E-state index contributed by atoms with van der Waals surface area (Å²) in [7, 11) is 0. The van der Waals surface area contributed by atoms with Gasteiger partial charge in [-0.1, -0.05) is 18.5 Å². The highest BCUT2D eigenvalue weighted by Crippen LogP contribution is 2.14. The van der Waals surface area contributed by atoms with Crippen molar-refractivity contribution in [2.75, 3.05) is 5.75 Å². The van der Waals surface area contributed by atoms with Gasteiger partial charge in [-0.3, -0.25) is 0 Å². The molecule has 1 atom stereocenters. The lowest BCUT2D eigenvalue weighted by molar-refractivity contribution is 0.561. The molecule has 0 bridgehead atoms. The van der Waals surface area contributed by atoms with Crippen molar-refractivity contribution >= 4 is 23.4 Å². The quantitative estimate of drug-likeness (QED) is 0.514. The van der Waals surface area contributed by atoms with E-state index in [1.165, 1.54) is 0 Å². The van der Waals surface area contributed by atoms with Crippen LogP contribution in [0.15, 0.2) is 0 Å². The predicted molar refractivity (Wildman–Crippen MR) is 28.9 cm³/mol. The van der Waals surface area contributed by atoms with Crippen molar-refractivity contribution < 1.29 is 4.39 Å². The number of rotatable bonds is 2. The highest BCUT2D eigenvalue weighted by atomic mass is 35.5. The van der Waals surface area contributed by atoms with Gasteiger partial charge in [-0.15, -0.1) is 11.8 Å². The van der Waals surface area contributed by atoms with Crippen molar-refractivity contribution in [3.63, 3.8) is 0 Å². The van der Waals surface area contributed by atoms with E-state index in [0.717, 1.165) is 17.5 Å². The second-order valence-electron chi connectivity index (χ2n) is 0.716. The van der Waals surface area contributed by atoms with Gasteiger partial charge in [-0.25, -0.2) is 4.39 Å². The summed E-state index contributed by atoms with van der Waals surface area (Å²) in [5, 5.41) is 0. The molecule has 1 unspecified atom stereocenters. The zero-order chi connectivity index (χ0) is 4.99. The van der Waals surface area contributed by atoms with Gasteiger partial charge in [0.15, 0.2) is 0 Å². The molecule has 0 saturated heterocycles. The molecule has 0 rings (SSSR count). The Labute approximate surface area is 46.1 Å². The van der Waals surface area contributed by atoms with Crippen LogP contribution in [0, 0.1) is 0 Å². The smallest absolute Gasteiger partial charge is 0.218 e. The Kier molecular flexibility index (Phi) is 4.11. The van der Waals surface area contributed by atoms with Crippen molar-refractivity contribution in [2.45, 2.75) is 11.9 Å². The van der Waals surface area contributed by atoms with E-state index in [1.54, 1.807) is 0 Å². The maximum atomic E-state index is 11.4. The summed E-state index contributed by atoms with van der Waals surface area (Å²) in [5.74, 6) is 0.741. The molecule has 0 N–H and O–H groups in total. The molecule has 0 aromatic rings. The second kappa shape index (κ2) is 3.75. The first-order valence-electron chi connectivity index (χ1n) is 1.67. The first-order valence-corrected chi connectivity index (χ1v) is 3.15. The fraction of sp³-hybridized carbons (Fsp3) is 1.00. The Morgan fingerprint density at radius 1 is 2.00 bits per heavy atom. The SMILES string of the molecule is CCSC(F)Cl. The third-order valence-corrected chi connectivity index (χ3v) is 1.26. The van der Waals surface area contributed by atoms with Crippen LogP contribution >= 0.6 is 23.4 Å². The van der Waals surface area contributed by atoms with E-state index in [-0.39, 0.29) is 0 Å². The fourth-order valence-corrected chi connectivity index (χ4v) is 0.756. The normalized spacial score (nSPS) is 14.5.